The number of hydrogen-bond acceptors (Lipinski definition) is 4. The SMILES string of the molecule is CC12C=C(C#N)C=CC1N(C1C=CC(c3cc(C#N)ccc3-c3ccccc3-n3c4ccccc4c4ccccc43)=CC1C#N)c1ccccc12. The quantitative estimate of drug-likeness (QED) is 0.190. The number of aromatic nitrogens is 1. The van der Waals surface area contributed by atoms with Gasteiger partial charge in [-0.25, -0.2) is 0 Å². The number of hydrogen-bond donors (Lipinski definition) is 0. The lowest BCUT2D eigenvalue weighted by Crippen LogP contribution is -2.49. The van der Waals surface area contributed by atoms with Gasteiger partial charge in [-0.2, -0.15) is 15.8 Å². The third-order valence-electron chi connectivity index (χ3n) is 10.9. The van der Waals surface area contributed by atoms with Crippen molar-refractivity contribution in [2.24, 2.45) is 5.92 Å². The highest BCUT2D eigenvalue weighted by Gasteiger charge is 2.49. The maximum absolute atomic E-state index is 10.7. The van der Waals surface area contributed by atoms with E-state index in [-0.39, 0.29) is 12.1 Å². The number of nitrogens with zero attached hydrogens (tertiary/aromatic N) is 5. The molecule has 9 rings (SSSR count). The maximum Gasteiger partial charge on any atom is 0.0991 e. The van der Waals surface area contributed by atoms with Crippen LogP contribution in [0.25, 0.3) is 44.2 Å². The third-order valence-corrected chi connectivity index (χ3v) is 10.9. The molecule has 6 aromatic rings. The van der Waals surface area contributed by atoms with E-state index < -0.39 is 11.3 Å². The Morgan fingerprint density at radius 1 is 0.647 bits per heavy atom. The molecule has 1 aromatic heterocycles. The van der Waals surface area contributed by atoms with Gasteiger partial charge < -0.3 is 9.47 Å². The smallest absolute Gasteiger partial charge is 0.0991 e. The van der Waals surface area contributed by atoms with Crippen molar-refractivity contribution < 1.29 is 0 Å². The van der Waals surface area contributed by atoms with E-state index in [1.54, 1.807) is 0 Å². The Morgan fingerprint density at radius 2 is 1.33 bits per heavy atom. The largest absolute Gasteiger partial charge is 0.356 e. The van der Waals surface area contributed by atoms with Crippen LogP contribution < -0.4 is 4.90 Å². The van der Waals surface area contributed by atoms with Crippen LogP contribution >= 0.6 is 0 Å². The van der Waals surface area contributed by atoms with Crippen LogP contribution in [0.5, 0.6) is 0 Å². The monoisotopic (exact) mass is 653 g/mol. The molecule has 5 aromatic carbocycles. The summed E-state index contributed by atoms with van der Waals surface area (Å²) >= 11 is 0. The summed E-state index contributed by atoms with van der Waals surface area (Å²) in [4.78, 5) is 2.35. The fourth-order valence-electron chi connectivity index (χ4n) is 8.58. The van der Waals surface area contributed by atoms with E-state index in [0.717, 1.165) is 50.2 Å². The second-order valence-electron chi connectivity index (χ2n) is 13.6. The first kappa shape index (κ1) is 30.2. The van der Waals surface area contributed by atoms with E-state index in [2.05, 4.69) is 150 Å². The van der Waals surface area contributed by atoms with E-state index >= 15 is 0 Å². The van der Waals surface area contributed by atoms with Gasteiger partial charge in [0, 0.05) is 33.0 Å². The summed E-state index contributed by atoms with van der Waals surface area (Å²) in [5, 5.41) is 32.9. The molecule has 240 valence electrons. The van der Waals surface area contributed by atoms with E-state index in [4.69, 9.17) is 0 Å². The molecule has 2 heterocycles. The summed E-state index contributed by atoms with van der Waals surface area (Å²) in [5.74, 6) is -0.471. The lowest BCUT2D eigenvalue weighted by atomic mass is 9.74. The molecule has 5 heteroatoms. The predicted molar refractivity (Wildman–Crippen MR) is 204 cm³/mol. The Hall–Kier alpha value is -6.87. The van der Waals surface area contributed by atoms with Crippen molar-refractivity contribution in [1.29, 1.82) is 15.8 Å². The van der Waals surface area contributed by atoms with E-state index in [9.17, 15) is 15.8 Å². The van der Waals surface area contributed by atoms with Crippen molar-refractivity contribution >= 4 is 33.1 Å². The summed E-state index contributed by atoms with van der Waals surface area (Å²) in [6.07, 6.45) is 12.4. The second kappa shape index (κ2) is 11.6. The number of para-hydroxylation sites is 4. The molecule has 0 bridgehead atoms. The van der Waals surface area contributed by atoms with E-state index in [1.807, 2.05) is 36.4 Å². The number of rotatable bonds is 4. The van der Waals surface area contributed by atoms with Gasteiger partial charge in [0.25, 0.3) is 0 Å². The van der Waals surface area contributed by atoms with Gasteiger partial charge in [-0.15, -0.1) is 0 Å². The summed E-state index contributed by atoms with van der Waals surface area (Å²) in [6, 6.07) is 46.6. The highest BCUT2D eigenvalue weighted by Crippen LogP contribution is 2.51. The molecule has 51 heavy (non-hydrogen) atoms. The van der Waals surface area contributed by atoms with Gasteiger partial charge >= 0.3 is 0 Å². The van der Waals surface area contributed by atoms with Crippen molar-refractivity contribution in [2.45, 2.75) is 24.4 Å². The fraction of sp³-hybridized carbons (Fsp3) is 0.109. The van der Waals surface area contributed by atoms with Gasteiger partial charge in [0.2, 0.25) is 0 Å². The normalized spacial score (nSPS) is 21.7. The van der Waals surface area contributed by atoms with Gasteiger partial charge in [-0.1, -0.05) is 109 Å². The Labute approximate surface area is 296 Å². The second-order valence-corrected chi connectivity index (χ2v) is 13.6. The average Bonchev–Trinajstić information content (AvgIpc) is 3.66. The van der Waals surface area contributed by atoms with Gasteiger partial charge in [-0.3, -0.25) is 0 Å². The molecule has 5 nitrogen and oxygen atoms in total. The number of nitriles is 3. The Balaban J connectivity index is 1.18. The van der Waals surface area contributed by atoms with E-state index in [0.29, 0.717) is 11.1 Å². The molecule has 4 unspecified atom stereocenters. The zero-order valence-electron chi connectivity index (χ0n) is 27.9. The summed E-state index contributed by atoms with van der Waals surface area (Å²) in [7, 11) is 0. The first-order valence-electron chi connectivity index (χ1n) is 17.1. The number of allylic oxidation sites excluding steroid dienone is 4. The molecule has 0 N–H and O–H groups in total. The maximum atomic E-state index is 10.7. The van der Waals surface area contributed by atoms with Crippen LogP contribution in [0.1, 0.15) is 23.6 Å². The molecule has 4 atom stereocenters. The lowest BCUT2D eigenvalue weighted by molar-refractivity contribution is 0.482. The molecular formula is C46H31N5. The van der Waals surface area contributed by atoms with Gasteiger partial charge in [-0.05, 0) is 71.7 Å². The van der Waals surface area contributed by atoms with Crippen molar-refractivity contribution in [3.63, 3.8) is 0 Å². The molecule has 0 saturated carbocycles. The average molecular weight is 654 g/mol. The molecule has 0 amide bonds. The number of anilines is 1. The van der Waals surface area contributed by atoms with Crippen LogP contribution in [0.3, 0.4) is 0 Å². The zero-order chi connectivity index (χ0) is 34.7. The molecule has 0 saturated heterocycles. The Morgan fingerprint density at radius 3 is 2.06 bits per heavy atom. The number of benzene rings is 5. The summed E-state index contributed by atoms with van der Waals surface area (Å²) in [6.45, 7) is 2.18. The molecule has 0 radical (unpaired) electrons. The standard InChI is InChI=1S/C46H31N5/c1-46-26-31(28-48)19-23-45(46)51(44-17-9-5-13-39(44)46)40-22-20-32(25-33(40)29-49)38-24-30(27-47)18-21-34(38)35-10-2-6-14-41(35)50-42-15-7-3-11-36(42)37-12-4-8-16-43(37)50/h2-26,33,40,45H,1H3. The minimum absolute atomic E-state index is 0.0528. The lowest BCUT2D eigenvalue weighted by Gasteiger charge is -2.40. The molecule has 1 aliphatic heterocycles. The van der Waals surface area contributed by atoms with Crippen molar-refractivity contribution in [3.05, 3.63) is 174 Å². The highest BCUT2D eigenvalue weighted by atomic mass is 15.2. The molecule has 0 fully saturated rings. The number of fused-ring (bicyclic) bond motifs is 6. The molecule has 3 aliphatic rings. The van der Waals surface area contributed by atoms with Crippen LogP contribution in [-0.2, 0) is 5.41 Å². The highest BCUT2D eigenvalue weighted by molar-refractivity contribution is 6.10. The fourth-order valence-corrected chi connectivity index (χ4v) is 8.58. The predicted octanol–water partition coefficient (Wildman–Crippen LogP) is 9.95. The van der Waals surface area contributed by atoms with Crippen LogP contribution in [-0.4, -0.2) is 16.7 Å². The van der Waals surface area contributed by atoms with Gasteiger partial charge in [0.05, 0.1) is 58.5 Å². The Kier molecular flexibility index (Phi) is 6.89. The summed E-state index contributed by atoms with van der Waals surface area (Å²) < 4.78 is 2.33. The van der Waals surface area contributed by atoms with Gasteiger partial charge in [0.15, 0.2) is 0 Å². The van der Waals surface area contributed by atoms with Gasteiger partial charge in [0.1, 0.15) is 0 Å². The first-order chi connectivity index (χ1) is 25.0. The van der Waals surface area contributed by atoms with Crippen LogP contribution in [0, 0.1) is 39.9 Å². The minimum Gasteiger partial charge on any atom is -0.356 e. The van der Waals surface area contributed by atoms with Crippen molar-refractivity contribution in [1.82, 2.24) is 4.57 Å². The van der Waals surface area contributed by atoms with Crippen LogP contribution in [0.15, 0.2) is 157 Å². The van der Waals surface area contributed by atoms with Crippen molar-refractivity contribution in [2.75, 3.05) is 4.90 Å². The third kappa shape index (κ3) is 4.51. The summed E-state index contributed by atoms with van der Waals surface area (Å²) in [5.41, 5.74) is 10.1. The molecular weight excluding hydrogens is 623 g/mol. The van der Waals surface area contributed by atoms with Crippen molar-refractivity contribution in [3.8, 4) is 35.0 Å². The first-order valence-corrected chi connectivity index (χ1v) is 17.1. The topological polar surface area (TPSA) is 79.5 Å². The zero-order valence-corrected chi connectivity index (χ0v) is 27.9. The molecule has 0 spiro atoms. The van der Waals surface area contributed by atoms with E-state index in [1.165, 1.54) is 10.8 Å². The minimum atomic E-state index is -0.471. The Bertz CT molecular complexity index is 2630. The van der Waals surface area contributed by atoms with Crippen LogP contribution in [0.2, 0.25) is 0 Å². The molecule has 2 aliphatic carbocycles. The van der Waals surface area contributed by atoms with Crippen LogP contribution in [0.4, 0.5) is 5.69 Å².